The predicted octanol–water partition coefficient (Wildman–Crippen LogP) is 4.66. The lowest BCUT2D eigenvalue weighted by atomic mass is 10.2. The summed E-state index contributed by atoms with van der Waals surface area (Å²) in [6, 6.07) is 20.6. The Morgan fingerprint density at radius 2 is 1.52 bits per heavy atom. The van der Waals surface area contributed by atoms with Crippen molar-refractivity contribution in [3.63, 3.8) is 0 Å². The molecule has 0 aliphatic rings. The lowest BCUT2D eigenvalue weighted by molar-refractivity contribution is -0.142. The van der Waals surface area contributed by atoms with Gasteiger partial charge >= 0.3 is 5.97 Å². The second-order valence-corrected chi connectivity index (χ2v) is 7.23. The molecule has 2 aromatic rings. The zero-order chi connectivity index (χ0) is 17.9. The van der Waals surface area contributed by atoms with Crippen molar-refractivity contribution in [1.29, 1.82) is 0 Å². The van der Waals surface area contributed by atoms with E-state index in [2.05, 4.69) is 29.2 Å². The van der Waals surface area contributed by atoms with Gasteiger partial charge < -0.3 is 9.64 Å². The van der Waals surface area contributed by atoms with Gasteiger partial charge in [0, 0.05) is 18.8 Å². The number of carbonyl (C=O) groups excluding carboxylic acids is 1. The SMILES string of the molecule is CCOC(=O)CCSC(=S)N(Cc1ccccc1)Cc1ccccc1. The summed E-state index contributed by atoms with van der Waals surface area (Å²) in [4.78, 5) is 13.7. The van der Waals surface area contributed by atoms with Crippen molar-refractivity contribution in [2.24, 2.45) is 0 Å². The normalized spacial score (nSPS) is 10.3. The van der Waals surface area contributed by atoms with Gasteiger partial charge in [0.05, 0.1) is 13.0 Å². The summed E-state index contributed by atoms with van der Waals surface area (Å²) in [7, 11) is 0. The third-order valence-electron chi connectivity index (χ3n) is 3.53. The Labute approximate surface area is 159 Å². The number of esters is 1. The molecule has 5 heteroatoms. The molecule has 3 nitrogen and oxygen atoms in total. The first kappa shape index (κ1) is 19.5. The Morgan fingerprint density at radius 1 is 1.00 bits per heavy atom. The predicted molar refractivity (Wildman–Crippen MR) is 108 cm³/mol. The molecule has 132 valence electrons. The van der Waals surface area contributed by atoms with Crippen LogP contribution in [0, 0.1) is 0 Å². The van der Waals surface area contributed by atoms with E-state index in [1.165, 1.54) is 22.9 Å². The highest BCUT2D eigenvalue weighted by Gasteiger charge is 2.13. The molecule has 0 unspecified atom stereocenters. The smallest absolute Gasteiger partial charge is 0.306 e. The summed E-state index contributed by atoms with van der Waals surface area (Å²) in [5.74, 6) is 0.466. The van der Waals surface area contributed by atoms with E-state index in [1.54, 1.807) is 0 Å². The van der Waals surface area contributed by atoms with Gasteiger partial charge in [-0.3, -0.25) is 4.79 Å². The number of thiocarbonyl (C=S) groups is 1. The first-order chi connectivity index (χ1) is 12.2. The molecule has 0 atom stereocenters. The fourth-order valence-corrected chi connectivity index (χ4v) is 3.47. The van der Waals surface area contributed by atoms with Crippen molar-refractivity contribution < 1.29 is 9.53 Å². The van der Waals surface area contributed by atoms with Crippen LogP contribution in [-0.4, -0.2) is 27.5 Å². The minimum Gasteiger partial charge on any atom is -0.466 e. The fraction of sp³-hybridized carbons (Fsp3) is 0.300. The monoisotopic (exact) mass is 373 g/mol. The number of rotatable bonds is 8. The first-order valence-electron chi connectivity index (χ1n) is 8.34. The molecule has 0 N–H and O–H groups in total. The van der Waals surface area contributed by atoms with Crippen molar-refractivity contribution in [2.75, 3.05) is 12.4 Å². The molecule has 25 heavy (non-hydrogen) atoms. The van der Waals surface area contributed by atoms with Gasteiger partial charge in [0.2, 0.25) is 0 Å². The Bertz CT molecular complexity index is 620. The van der Waals surface area contributed by atoms with Crippen molar-refractivity contribution in [3.8, 4) is 0 Å². The zero-order valence-electron chi connectivity index (χ0n) is 14.4. The molecule has 0 radical (unpaired) electrons. The molecule has 0 aliphatic carbocycles. The molecule has 0 heterocycles. The summed E-state index contributed by atoms with van der Waals surface area (Å²) in [6.07, 6.45) is 0.378. The van der Waals surface area contributed by atoms with Crippen LogP contribution in [0.5, 0.6) is 0 Å². The molecule has 2 aromatic carbocycles. The van der Waals surface area contributed by atoms with E-state index in [0.717, 1.165) is 17.4 Å². The van der Waals surface area contributed by atoms with Crippen LogP contribution in [0.1, 0.15) is 24.5 Å². The minimum atomic E-state index is -0.171. The van der Waals surface area contributed by atoms with E-state index in [4.69, 9.17) is 17.0 Å². The zero-order valence-corrected chi connectivity index (χ0v) is 16.0. The Kier molecular flexibility index (Phi) is 8.49. The summed E-state index contributed by atoms with van der Waals surface area (Å²) in [5, 5.41) is 0. The maximum Gasteiger partial charge on any atom is 0.306 e. The van der Waals surface area contributed by atoms with E-state index >= 15 is 0 Å². The van der Waals surface area contributed by atoms with Crippen LogP contribution >= 0.6 is 24.0 Å². The highest BCUT2D eigenvalue weighted by molar-refractivity contribution is 8.22. The standard InChI is InChI=1S/C20H23NO2S2/c1-2-23-19(22)13-14-25-20(24)21(15-17-9-5-3-6-10-17)16-18-11-7-4-8-12-18/h3-12H,2,13-16H2,1H3. The van der Waals surface area contributed by atoms with Crippen molar-refractivity contribution in [3.05, 3.63) is 71.8 Å². The third-order valence-corrected chi connectivity index (χ3v) is 5.05. The number of benzene rings is 2. The highest BCUT2D eigenvalue weighted by Crippen LogP contribution is 2.18. The van der Waals surface area contributed by atoms with Crippen LogP contribution in [0.25, 0.3) is 0 Å². The van der Waals surface area contributed by atoms with E-state index in [9.17, 15) is 4.79 Å². The first-order valence-corrected chi connectivity index (χ1v) is 9.73. The Balaban J connectivity index is 1.97. The van der Waals surface area contributed by atoms with Gasteiger partial charge in [-0.2, -0.15) is 0 Å². The average Bonchev–Trinajstić information content (AvgIpc) is 2.63. The molecular weight excluding hydrogens is 350 g/mol. The average molecular weight is 374 g/mol. The summed E-state index contributed by atoms with van der Waals surface area (Å²) < 4.78 is 5.77. The minimum absolute atomic E-state index is 0.171. The van der Waals surface area contributed by atoms with Gasteiger partial charge in [-0.25, -0.2) is 0 Å². The van der Waals surface area contributed by atoms with Crippen molar-refractivity contribution in [1.82, 2.24) is 4.90 Å². The van der Waals surface area contributed by atoms with Crippen LogP contribution in [0.4, 0.5) is 0 Å². The summed E-state index contributed by atoms with van der Waals surface area (Å²) >= 11 is 7.16. The number of nitrogens with zero attached hydrogens (tertiary/aromatic N) is 1. The molecular formula is C20H23NO2S2. The quantitative estimate of drug-likeness (QED) is 0.496. The molecule has 2 rings (SSSR count). The van der Waals surface area contributed by atoms with Gasteiger partial charge in [-0.1, -0.05) is 84.6 Å². The van der Waals surface area contributed by atoms with Crippen LogP contribution in [0.3, 0.4) is 0 Å². The third kappa shape index (κ3) is 7.28. The summed E-state index contributed by atoms with van der Waals surface area (Å²) in [5.41, 5.74) is 2.43. The lowest BCUT2D eigenvalue weighted by Gasteiger charge is -2.25. The number of hydrogen-bond acceptors (Lipinski definition) is 4. The second kappa shape index (κ2) is 10.9. The number of thioether (sulfide) groups is 1. The second-order valence-electron chi connectivity index (χ2n) is 5.50. The van der Waals surface area contributed by atoms with E-state index < -0.39 is 0 Å². The molecule has 0 fully saturated rings. The fourth-order valence-electron chi connectivity index (χ4n) is 2.34. The molecule has 0 amide bonds. The van der Waals surface area contributed by atoms with Gasteiger partial charge in [0.25, 0.3) is 0 Å². The Morgan fingerprint density at radius 3 is 2.00 bits per heavy atom. The largest absolute Gasteiger partial charge is 0.466 e. The molecule has 0 bridgehead atoms. The summed E-state index contributed by atoms with van der Waals surface area (Å²) in [6.45, 7) is 3.74. The molecule has 0 aliphatic heterocycles. The van der Waals surface area contributed by atoms with Crippen molar-refractivity contribution >= 4 is 34.3 Å². The highest BCUT2D eigenvalue weighted by atomic mass is 32.2. The number of carbonyl (C=O) groups is 1. The topological polar surface area (TPSA) is 29.5 Å². The number of ether oxygens (including phenoxy) is 1. The van der Waals surface area contributed by atoms with Crippen LogP contribution < -0.4 is 0 Å². The molecule has 0 saturated carbocycles. The van der Waals surface area contributed by atoms with Gasteiger partial charge in [-0.15, -0.1) is 0 Å². The molecule has 0 spiro atoms. The Hall–Kier alpha value is -1.85. The van der Waals surface area contributed by atoms with Crippen LogP contribution in [0.15, 0.2) is 60.7 Å². The van der Waals surface area contributed by atoms with Gasteiger partial charge in [0.1, 0.15) is 4.32 Å². The van der Waals surface area contributed by atoms with Crippen LogP contribution in [-0.2, 0) is 22.6 Å². The van der Waals surface area contributed by atoms with Gasteiger partial charge in [0.15, 0.2) is 0 Å². The van der Waals surface area contributed by atoms with Crippen LogP contribution in [0.2, 0.25) is 0 Å². The number of hydrogen-bond donors (Lipinski definition) is 0. The van der Waals surface area contributed by atoms with E-state index in [-0.39, 0.29) is 5.97 Å². The lowest BCUT2D eigenvalue weighted by Crippen LogP contribution is -2.27. The maximum atomic E-state index is 11.5. The van der Waals surface area contributed by atoms with Gasteiger partial charge in [-0.05, 0) is 18.1 Å². The van der Waals surface area contributed by atoms with E-state index in [0.29, 0.717) is 18.8 Å². The van der Waals surface area contributed by atoms with E-state index in [1.807, 2.05) is 43.3 Å². The molecule has 0 saturated heterocycles. The maximum absolute atomic E-state index is 11.5. The molecule has 0 aromatic heterocycles. The van der Waals surface area contributed by atoms with Crippen molar-refractivity contribution in [2.45, 2.75) is 26.4 Å².